The molecule has 0 radical (unpaired) electrons. The number of pyridine rings is 1. The van der Waals surface area contributed by atoms with Crippen LogP contribution in [0, 0.1) is 11.3 Å². The maximum Gasteiger partial charge on any atom is 0.149 e. The molecule has 19 heavy (non-hydrogen) atoms. The van der Waals surface area contributed by atoms with Gasteiger partial charge in [0.25, 0.3) is 0 Å². The third-order valence-electron chi connectivity index (χ3n) is 2.67. The van der Waals surface area contributed by atoms with E-state index in [1.165, 1.54) is 6.33 Å². The van der Waals surface area contributed by atoms with Crippen LogP contribution in [-0.4, -0.2) is 15.0 Å². The van der Waals surface area contributed by atoms with Crippen molar-refractivity contribution >= 4 is 22.4 Å². The van der Waals surface area contributed by atoms with Crippen LogP contribution in [0.15, 0.2) is 49.1 Å². The van der Waals surface area contributed by atoms with Crippen molar-refractivity contribution in [2.75, 3.05) is 5.32 Å². The molecule has 0 aliphatic rings. The number of nitrogens with one attached hydrogen (secondary N) is 1. The summed E-state index contributed by atoms with van der Waals surface area (Å²) in [5.41, 5.74) is 2.02. The minimum Gasteiger partial charge on any atom is -0.337 e. The predicted molar refractivity (Wildman–Crippen MR) is 71.8 cm³/mol. The van der Waals surface area contributed by atoms with E-state index in [9.17, 15) is 5.26 Å². The van der Waals surface area contributed by atoms with E-state index >= 15 is 0 Å². The molecule has 0 bridgehead atoms. The lowest BCUT2D eigenvalue weighted by Gasteiger charge is -2.07. The third kappa shape index (κ3) is 2.19. The van der Waals surface area contributed by atoms with E-state index in [1.807, 2.05) is 30.3 Å². The Balaban J connectivity index is 2.10. The molecule has 0 aliphatic carbocycles. The Kier molecular flexibility index (Phi) is 2.75. The number of rotatable bonds is 2. The van der Waals surface area contributed by atoms with E-state index in [0.29, 0.717) is 17.1 Å². The van der Waals surface area contributed by atoms with Crippen LogP contribution < -0.4 is 5.32 Å². The first-order valence-electron chi connectivity index (χ1n) is 5.69. The second kappa shape index (κ2) is 4.70. The van der Waals surface area contributed by atoms with Gasteiger partial charge in [0, 0.05) is 5.39 Å². The van der Waals surface area contributed by atoms with Gasteiger partial charge in [0.1, 0.15) is 18.2 Å². The van der Waals surface area contributed by atoms with Gasteiger partial charge < -0.3 is 5.32 Å². The summed E-state index contributed by atoms with van der Waals surface area (Å²) < 4.78 is 0. The Morgan fingerprint density at radius 2 is 1.89 bits per heavy atom. The van der Waals surface area contributed by atoms with Crippen LogP contribution >= 0.6 is 0 Å². The van der Waals surface area contributed by atoms with Gasteiger partial charge in [0.05, 0.1) is 29.2 Å². The fourth-order valence-electron chi connectivity index (χ4n) is 1.80. The van der Waals surface area contributed by atoms with Crippen LogP contribution in [0.25, 0.3) is 10.9 Å². The van der Waals surface area contributed by atoms with Crippen molar-refractivity contribution in [2.24, 2.45) is 0 Å². The number of nitriles is 1. The Morgan fingerprint density at radius 3 is 2.68 bits per heavy atom. The van der Waals surface area contributed by atoms with Crippen molar-refractivity contribution in [3.63, 3.8) is 0 Å². The summed E-state index contributed by atoms with van der Waals surface area (Å²) in [7, 11) is 0. The molecule has 0 amide bonds. The van der Waals surface area contributed by atoms with Gasteiger partial charge in [-0.15, -0.1) is 0 Å². The molecule has 0 atom stereocenters. The maximum absolute atomic E-state index is 9.19. The normalized spacial score (nSPS) is 10.1. The highest BCUT2D eigenvalue weighted by Crippen LogP contribution is 2.22. The number of hydrogen-bond donors (Lipinski definition) is 1. The van der Waals surface area contributed by atoms with Gasteiger partial charge in [-0.3, -0.25) is 0 Å². The number of nitrogens with zero attached hydrogens (tertiary/aromatic N) is 4. The average Bonchev–Trinajstić information content (AvgIpc) is 2.47. The molecule has 3 rings (SSSR count). The molecule has 2 heterocycles. The molecule has 90 valence electrons. The van der Waals surface area contributed by atoms with E-state index in [-0.39, 0.29) is 0 Å². The zero-order valence-corrected chi connectivity index (χ0v) is 9.91. The van der Waals surface area contributed by atoms with E-state index in [2.05, 4.69) is 26.3 Å². The second-order valence-electron chi connectivity index (χ2n) is 3.94. The Bertz CT molecular complexity index is 762. The summed E-state index contributed by atoms with van der Waals surface area (Å²) in [4.78, 5) is 12.3. The van der Waals surface area contributed by atoms with Gasteiger partial charge in [0.15, 0.2) is 0 Å². The van der Waals surface area contributed by atoms with Crippen LogP contribution in [0.3, 0.4) is 0 Å². The minimum atomic E-state index is 0.488. The highest BCUT2D eigenvalue weighted by atomic mass is 15.0. The SMILES string of the molecule is N#Cc1cc2ccccc2nc1Nc1cncnc1. The summed E-state index contributed by atoms with van der Waals surface area (Å²) in [5.74, 6) is 0.510. The molecule has 0 saturated carbocycles. The van der Waals surface area contributed by atoms with Crippen molar-refractivity contribution < 1.29 is 0 Å². The molecule has 1 N–H and O–H groups in total. The first kappa shape index (κ1) is 11.1. The lowest BCUT2D eigenvalue weighted by atomic mass is 10.1. The molecule has 5 heteroatoms. The van der Waals surface area contributed by atoms with Gasteiger partial charge >= 0.3 is 0 Å². The van der Waals surface area contributed by atoms with E-state index < -0.39 is 0 Å². The van der Waals surface area contributed by atoms with Crippen molar-refractivity contribution in [3.05, 3.63) is 54.6 Å². The highest BCUT2D eigenvalue weighted by Gasteiger charge is 2.06. The lowest BCUT2D eigenvalue weighted by Crippen LogP contribution is -1.98. The fraction of sp³-hybridized carbons (Fsp3) is 0. The van der Waals surface area contributed by atoms with Crippen LogP contribution in [0.2, 0.25) is 0 Å². The quantitative estimate of drug-likeness (QED) is 0.753. The van der Waals surface area contributed by atoms with Gasteiger partial charge in [-0.05, 0) is 12.1 Å². The van der Waals surface area contributed by atoms with Crippen LogP contribution in [0.4, 0.5) is 11.5 Å². The lowest BCUT2D eigenvalue weighted by molar-refractivity contribution is 1.16. The summed E-state index contributed by atoms with van der Waals surface area (Å²) in [6.45, 7) is 0. The molecule has 2 aromatic heterocycles. The van der Waals surface area contributed by atoms with Gasteiger partial charge in [0.2, 0.25) is 0 Å². The minimum absolute atomic E-state index is 0.488. The summed E-state index contributed by atoms with van der Waals surface area (Å²) in [5, 5.41) is 13.2. The van der Waals surface area contributed by atoms with Crippen molar-refractivity contribution in [1.29, 1.82) is 5.26 Å². The van der Waals surface area contributed by atoms with Crippen molar-refractivity contribution in [2.45, 2.75) is 0 Å². The highest BCUT2D eigenvalue weighted by molar-refractivity contribution is 5.83. The molecule has 5 nitrogen and oxygen atoms in total. The molecule has 0 spiro atoms. The van der Waals surface area contributed by atoms with Gasteiger partial charge in [-0.2, -0.15) is 5.26 Å². The van der Waals surface area contributed by atoms with Crippen LogP contribution in [0.1, 0.15) is 5.56 Å². The largest absolute Gasteiger partial charge is 0.337 e. The van der Waals surface area contributed by atoms with Crippen LogP contribution in [0.5, 0.6) is 0 Å². The Labute approximate surface area is 109 Å². The number of aromatic nitrogens is 3. The number of benzene rings is 1. The topological polar surface area (TPSA) is 74.5 Å². The third-order valence-corrected chi connectivity index (χ3v) is 2.67. The molecular formula is C14H9N5. The number of para-hydroxylation sites is 1. The molecule has 1 aromatic carbocycles. The number of anilines is 2. The molecule has 0 aliphatic heterocycles. The second-order valence-corrected chi connectivity index (χ2v) is 3.94. The monoisotopic (exact) mass is 247 g/mol. The molecule has 0 fully saturated rings. The molecular weight excluding hydrogens is 238 g/mol. The summed E-state index contributed by atoms with van der Waals surface area (Å²) in [6, 6.07) is 11.6. The van der Waals surface area contributed by atoms with Crippen LogP contribution in [-0.2, 0) is 0 Å². The van der Waals surface area contributed by atoms with E-state index in [0.717, 1.165) is 10.9 Å². The number of hydrogen-bond acceptors (Lipinski definition) is 5. The van der Waals surface area contributed by atoms with Crippen molar-refractivity contribution in [1.82, 2.24) is 15.0 Å². The zero-order chi connectivity index (χ0) is 13.1. The molecule has 0 saturated heterocycles. The Morgan fingerprint density at radius 1 is 1.11 bits per heavy atom. The summed E-state index contributed by atoms with van der Waals surface area (Å²) in [6.07, 6.45) is 4.71. The standard InChI is InChI=1S/C14H9N5/c15-6-11-5-10-3-1-2-4-13(10)19-14(11)18-12-7-16-9-17-8-12/h1-5,7-9H,(H,18,19). The Hall–Kier alpha value is -3.00. The van der Waals surface area contributed by atoms with Crippen molar-refractivity contribution in [3.8, 4) is 6.07 Å². The zero-order valence-electron chi connectivity index (χ0n) is 9.91. The maximum atomic E-state index is 9.19. The summed E-state index contributed by atoms with van der Waals surface area (Å²) >= 11 is 0. The predicted octanol–water partition coefficient (Wildman–Crippen LogP) is 2.64. The first-order valence-corrected chi connectivity index (χ1v) is 5.69. The molecule has 0 unspecified atom stereocenters. The van der Waals surface area contributed by atoms with Gasteiger partial charge in [-0.1, -0.05) is 18.2 Å². The average molecular weight is 247 g/mol. The van der Waals surface area contributed by atoms with E-state index in [1.54, 1.807) is 12.4 Å². The number of fused-ring (bicyclic) bond motifs is 1. The smallest absolute Gasteiger partial charge is 0.149 e. The van der Waals surface area contributed by atoms with Gasteiger partial charge in [-0.25, -0.2) is 15.0 Å². The van der Waals surface area contributed by atoms with E-state index in [4.69, 9.17) is 0 Å². The first-order chi connectivity index (χ1) is 9.36. The fourth-order valence-corrected chi connectivity index (χ4v) is 1.80. The molecule has 3 aromatic rings.